The topological polar surface area (TPSA) is 143 Å². The van der Waals surface area contributed by atoms with Crippen LogP contribution in [0.5, 0.6) is 0 Å². The van der Waals surface area contributed by atoms with Crippen molar-refractivity contribution in [3.63, 3.8) is 0 Å². The van der Waals surface area contributed by atoms with Gasteiger partial charge in [-0.15, -0.1) is 0 Å². The van der Waals surface area contributed by atoms with E-state index in [0.717, 1.165) is 0 Å². The predicted molar refractivity (Wildman–Crippen MR) is 156 cm³/mol. The Kier molecular flexibility index (Phi) is 6.39. The zero-order valence-electron chi connectivity index (χ0n) is 22.4. The van der Waals surface area contributed by atoms with E-state index in [0.29, 0.717) is 55.7 Å². The number of benzene rings is 4. The van der Waals surface area contributed by atoms with Crippen molar-refractivity contribution in [1.82, 2.24) is 0 Å². The number of nitrogens with zero attached hydrogens (tertiary/aromatic N) is 6. The lowest BCUT2D eigenvalue weighted by Crippen LogP contribution is -1.98. The SMILES string of the molecule is N#CC(C#N)=C1C2=C(C(=C(C#N)C#N)c3ccc(-c4cccc(F)c4C#N)cc32)c2cc(-c3cccc(F)c3C#N)ccc21. The van der Waals surface area contributed by atoms with Crippen LogP contribution in [0, 0.1) is 79.6 Å². The molecule has 0 spiro atoms. The highest BCUT2D eigenvalue weighted by Gasteiger charge is 2.40. The lowest BCUT2D eigenvalue weighted by Gasteiger charge is -2.15. The minimum atomic E-state index is -0.700. The van der Waals surface area contributed by atoms with E-state index in [1.54, 1.807) is 48.5 Å². The fourth-order valence-corrected chi connectivity index (χ4v) is 5.88. The first kappa shape index (κ1) is 27.1. The van der Waals surface area contributed by atoms with Gasteiger partial charge in [0.05, 0.1) is 11.1 Å². The minimum absolute atomic E-state index is 0.168. The summed E-state index contributed by atoms with van der Waals surface area (Å²) in [6.07, 6.45) is 0. The minimum Gasteiger partial charge on any atom is -0.206 e. The van der Waals surface area contributed by atoms with E-state index in [-0.39, 0.29) is 33.4 Å². The molecule has 0 saturated heterocycles. The Morgan fingerprint density at radius 3 is 1.18 bits per heavy atom. The number of hydrogen-bond acceptors (Lipinski definition) is 6. The molecule has 44 heavy (non-hydrogen) atoms. The quantitative estimate of drug-likeness (QED) is 0.229. The summed E-state index contributed by atoms with van der Waals surface area (Å²) in [5.74, 6) is -1.40. The van der Waals surface area contributed by atoms with Crippen molar-refractivity contribution in [3.8, 4) is 58.7 Å². The molecule has 0 atom stereocenters. The first-order chi connectivity index (χ1) is 21.4. The molecular weight excluding hydrogens is 554 g/mol. The van der Waals surface area contributed by atoms with Crippen LogP contribution >= 0.6 is 0 Å². The van der Waals surface area contributed by atoms with Crippen LogP contribution in [0.1, 0.15) is 33.4 Å². The normalized spacial score (nSPS) is 12.0. The molecule has 0 aromatic heterocycles. The van der Waals surface area contributed by atoms with Gasteiger partial charge in [0, 0.05) is 33.4 Å². The van der Waals surface area contributed by atoms with Gasteiger partial charge in [0.15, 0.2) is 0 Å². The number of hydrogen-bond donors (Lipinski definition) is 0. The third-order valence-corrected chi connectivity index (χ3v) is 7.69. The second-order valence-electron chi connectivity index (χ2n) is 9.77. The molecule has 0 aliphatic heterocycles. The molecule has 0 N–H and O–H groups in total. The van der Waals surface area contributed by atoms with Gasteiger partial charge in [-0.2, -0.15) is 31.6 Å². The predicted octanol–water partition coefficient (Wildman–Crippen LogP) is 7.58. The Morgan fingerprint density at radius 2 is 0.841 bits per heavy atom. The fraction of sp³-hybridized carbons (Fsp3) is 0. The van der Waals surface area contributed by atoms with Gasteiger partial charge >= 0.3 is 0 Å². The van der Waals surface area contributed by atoms with E-state index in [9.17, 15) is 40.4 Å². The molecule has 8 heteroatoms. The first-order valence-corrected chi connectivity index (χ1v) is 12.9. The summed E-state index contributed by atoms with van der Waals surface area (Å²) in [5, 5.41) is 59.2. The van der Waals surface area contributed by atoms with Crippen LogP contribution in [0.4, 0.5) is 8.78 Å². The van der Waals surface area contributed by atoms with Crippen molar-refractivity contribution >= 4 is 22.3 Å². The molecule has 4 aromatic rings. The van der Waals surface area contributed by atoms with Crippen LogP contribution in [0.2, 0.25) is 0 Å². The molecule has 2 aliphatic carbocycles. The molecular formula is C36H12F2N6. The average molecular weight is 567 g/mol. The Morgan fingerprint density at radius 1 is 0.455 bits per heavy atom. The lowest BCUT2D eigenvalue weighted by molar-refractivity contribution is 0.624. The molecule has 0 saturated carbocycles. The Balaban J connectivity index is 1.73. The number of rotatable bonds is 2. The first-order valence-electron chi connectivity index (χ1n) is 12.9. The summed E-state index contributed by atoms with van der Waals surface area (Å²) in [7, 11) is 0. The van der Waals surface area contributed by atoms with Crippen LogP contribution in [0.3, 0.4) is 0 Å². The van der Waals surface area contributed by atoms with Gasteiger partial charge in [0.2, 0.25) is 0 Å². The van der Waals surface area contributed by atoms with E-state index >= 15 is 0 Å². The highest BCUT2D eigenvalue weighted by atomic mass is 19.1. The van der Waals surface area contributed by atoms with Gasteiger partial charge in [-0.1, -0.05) is 48.5 Å². The summed E-state index contributed by atoms with van der Waals surface area (Å²) < 4.78 is 29.1. The monoisotopic (exact) mass is 566 g/mol. The van der Waals surface area contributed by atoms with E-state index in [4.69, 9.17) is 0 Å². The van der Waals surface area contributed by atoms with Crippen LogP contribution in [0.25, 0.3) is 44.5 Å². The Hall–Kier alpha value is -7.10. The van der Waals surface area contributed by atoms with Gasteiger partial charge in [-0.25, -0.2) is 8.78 Å². The van der Waals surface area contributed by atoms with Gasteiger partial charge in [0.1, 0.15) is 59.2 Å². The zero-order chi connectivity index (χ0) is 31.1. The molecule has 0 heterocycles. The van der Waals surface area contributed by atoms with Gasteiger partial charge in [-0.3, -0.25) is 0 Å². The van der Waals surface area contributed by atoms with Crippen molar-refractivity contribution in [3.05, 3.63) is 129 Å². The highest BCUT2D eigenvalue weighted by Crippen LogP contribution is 2.60. The zero-order valence-corrected chi connectivity index (χ0v) is 22.4. The lowest BCUT2D eigenvalue weighted by atomic mass is 9.86. The van der Waals surface area contributed by atoms with E-state index in [1.165, 1.54) is 24.3 Å². The summed E-state index contributed by atoms with van der Waals surface area (Å²) in [6.45, 7) is 0. The standard InChI is InChI=1S/C36H12F2N6/c37-31-5-1-3-23(29(31)17-43)19-7-9-25-27(11-19)35-34(22(15-41)16-42)26-10-8-20(24-4-2-6-32(38)30(24)18-44)12-28(26)36(35)33(25)21(13-39)14-40/h1-12H. The number of fused-ring (bicyclic) bond motifs is 4. The van der Waals surface area contributed by atoms with Crippen molar-refractivity contribution in [1.29, 1.82) is 31.6 Å². The van der Waals surface area contributed by atoms with E-state index in [1.807, 2.05) is 36.4 Å². The Bertz CT molecular complexity index is 2170. The third kappa shape index (κ3) is 3.79. The molecule has 6 nitrogen and oxygen atoms in total. The molecule has 200 valence electrons. The van der Waals surface area contributed by atoms with Crippen molar-refractivity contribution in [2.45, 2.75) is 0 Å². The second kappa shape index (κ2) is 10.4. The van der Waals surface area contributed by atoms with E-state index < -0.39 is 11.6 Å². The van der Waals surface area contributed by atoms with Gasteiger partial charge in [-0.05, 0) is 57.6 Å². The largest absolute Gasteiger partial charge is 0.206 e. The molecule has 0 unspecified atom stereocenters. The molecule has 0 fully saturated rings. The number of halogens is 2. The van der Waals surface area contributed by atoms with Crippen LogP contribution in [-0.2, 0) is 0 Å². The molecule has 0 bridgehead atoms. The molecule has 4 aromatic carbocycles. The maximum Gasteiger partial charge on any atom is 0.141 e. The van der Waals surface area contributed by atoms with Crippen LogP contribution in [0.15, 0.2) is 83.9 Å². The van der Waals surface area contributed by atoms with Gasteiger partial charge in [0.25, 0.3) is 0 Å². The number of nitriles is 6. The van der Waals surface area contributed by atoms with Crippen LogP contribution in [-0.4, -0.2) is 0 Å². The van der Waals surface area contributed by atoms with Crippen molar-refractivity contribution in [2.24, 2.45) is 0 Å². The average Bonchev–Trinajstić information content (AvgIpc) is 3.54. The molecule has 0 amide bonds. The van der Waals surface area contributed by atoms with Crippen molar-refractivity contribution in [2.75, 3.05) is 0 Å². The number of allylic oxidation sites excluding steroid dienone is 6. The third-order valence-electron chi connectivity index (χ3n) is 7.69. The molecule has 6 rings (SSSR count). The summed E-state index contributed by atoms with van der Waals surface area (Å²) in [6, 6.07) is 30.0. The van der Waals surface area contributed by atoms with Crippen LogP contribution < -0.4 is 0 Å². The maximum absolute atomic E-state index is 14.5. The summed E-state index contributed by atoms with van der Waals surface area (Å²) >= 11 is 0. The molecule has 0 radical (unpaired) electrons. The summed E-state index contributed by atoms with van der Waals surface area (Å²) in [4.78, 5) is 0. The molecule has 2 aliphatic rings. The second-order valence-corrected chi connectivity index (χ2v) is 9.77. The summed E-state index contributed by atoms with van der Waals surface area (Å²) in [5.41, 5.74) is 4.06. The smallest absolute Gasteiger partial charge is 0.141 e. The maximum atomic E-state index is 14.5. The fourth-order valence-electron chi connectivity index (χ4n) is 5.88. The Labute approximate surface area is 250 Å². The highest BCUT2D eigenvalue weighted by molar-refractivity contribution is 6.38. The van der Waals surface area contributed by atoms with Gasteiger partial charge < -0.3 is 0 Å². The van der Waals surface area contributed by atoms with E-state index in [2.05, 4.69) is 0 Å². The van der Waals surface area contributed by atoms with Crippen molar-refractivity contribution < 1.29 is 8.78 Å².